The highest BCUT2D eigenvalue weighted by Crippen LogP contribution is 2.38. The predicted octanol–water partition coefficient (Wildman–Crippen LogP) is 16.4. The van der Waals surface area contributed by atoms with E-state index in [4.69, 9.17) is 5.11 Å². The van der Waals surface area contributed by atoms with Crippen molar-refractivity contribution in [3.8, 4) is 17.2 Å². The van der Waals surface area contributed by atoms with E-state index in [1.165, 1.54) is 27.8 Å². The number of hydrogen-bond donors (Lipinski definition) is 5. The first-order valence-electron chi connectivity index (χ1n) is 25.6. The standard InChI is InChI=1S/C38H39NO2.C22H23NO2.C8H10O/c1-24-17-28(5)37(40)32(19-24)22-30-8-13-34(14-9-30)39(36-12-7-26(3)27(4)21-36)35-15-10-31(11-16-35)23-33-20-25(2)18-29(6)38(33)41;1-16-3-8-22(13-17(16)2)23(20-9-4-18(14-24)5-10-20)21-11-6-19(15-25)7-12-21;1-6-3-4-8(9)7(2)5-6/h7-21,40-41H,22-23H2,1-6H3;3-13,24-25H,14-15H2,1-2H3;3-5,9H,1-2H3. The maximum atomic E-state index is 10.6. The van der Waals surface area contributed by atoms with Gasteiger partial charge in [0.15, 0.2) is 0 Å². The lowest BCUT2D eigenvalue weighted by molar-refractivity contribution is 0.281. The molecular formula is C68H72N2O5. The monoisotopic (exact) mass is 997 g/mol. The zero-order valence-corrected chi connectivity index (χ0v) is 45.2. The first-order chi connectivity index (χ1) is 35.9. The van der Waals surface area contributed by atoms with Crippen molar-refractivity contribution >= 4 is 34.1 Å². The molecule has 7 nitrogen and oxygen atoms in total. The Balaban J connectivity index is 0.000000202. The Hall–Kier alpha value is -8.10. The predicted molar refractivity (Wildman–Crippen MR) is 311 cm³/mol. The van der Waals surface area contributed by atoms with Crippen LogP contribution in [0.1, 0.15) is 89.0 Å². The fraction of sp³-hybridized carbons (Fsp3) is 0.206. The third kappa shape index (κ3) is 13.9. The number of aromatic hydroxyl groups is 3. The molecule has 0 aliphatic rings. The summed E-state index contributed by atoms with van der Waals surface area (Å²) >= 11 is 0. The molecule has 9 aromatic carbocycles. The molecular weight excluding hydrogens is 925 g/mol. The number of nitrogens with zero attached hydrogens (tertiary/aromatic N) is 2. The van der Waals surface area contributed by atoms with Gasteiger partial charge in [0.05, 0.1) is 13.2 Å². The SMILES string of the molecule is Cc1cc(C)c(O)c(Cc2ccc(N(c3ccc(Cc4cc(C)cc(C)c4O)cc3)c3ccc(C)c(C)c3)cc2)c1.Cc1ccc(N(c2ccc(CO)cc2)c2ccc(CO)cc2)cc1C.Cc1ccc(O)c(C)c1. The highest BCUT2D eigenvalue weighted by atomic mass is 16.3. The minimum atomic E-state index is 0.0368. The summed E-state index contributed by atoms with van der Waals surface area (Å²) in [5.41, 5.74) is 23.6. The molecule has 5 N–H and O–H groups in total. The summed E-state index contributed by atoms with van der Waals surface area (Å²) in [5.74, 6) is 1.14. The molecule has 9 aromatic rings. The highest BCUT2D eigenvalue weighted by Gasteiger charge is 2.17. The molecule has 0 aliphatic heterocycles. The molecule has 0 unspecified atom stereocenters. The van der Waals surface area contributed by atoms with E-state index in [0.29, 0.717) is 30.1 Å². The molecule has 0 fully saturated rings. The second-order valence-electron chi connectivity index (χ2n) is 20.0. The number of rotatable bonds is 12. The van der Waals surface area contributed by atoms with Crippen LogP contribution >= 0.6 is 0 Å². The van der Waals surface area contributed by atoms with Crippen molar-refractivity contribution in [1.29, 1.82) is 0 Å². The highest BCUT2D eigenvalue weighted by molar-refractivity contribution is 5.78. The molecule has 0 aromatic heterocycles. The van der Waals surface area contributed by atoms with Crippen LogP contribution in [0, 0.1) is 69.2 Å². The number of aryl methyl sites for hydroxylation is 10. The smallest absolute Gasteiger partial charge is 0.122 e. The summed E-state index contributed by atoms with van der Waals surface area (Å²) in [6.07, 6.45) is 1.36. The van der Waals surface area contributed by atoms with Gasteiger partial charge in [-0.1, -0.05) is 114 Å². The third-order valence-corrected chi connectivity index (χ3v) is 13.8. The van der Waals surface area contributed by atoms with Crippen molar-refractivity contribution in [3.05, 3.63) is 265 Å². The zero-order chi connectivity index (χ0) is 53.9. The van der Waals surface area contributed by atoms with Gasteiger partial charge in [0, 0.05) is 47.0 Å². The summed E-state index contributed by atoms with van der Waals surface area (Å²) in [6, 6.07) is 59.8. The van der Waals surface area contributed by atoms with Gasteiger partial charge < -0.3 is 35.3 Å². The van der Waals surface area contributed by atoms with Gasteiger partial charge in [-0.2, -0.15) is 0 Å². The van der Waals surface area contributed by atoms with Crippen molar-refractivity contribution in [2.45, 2.75) is 95.3 Å². The fourth-order valence-electron chi connectivity index (χ4n) is 9.26. The van der Waals surface area contributed by atoms with Gasteiger partial charge >= 0.3 is 0 Å². The van der Waals surface area contributed by atoms with Crippen LogP contribution in [0.4, 0.5) is 34.1 Å². The van der Waals surface area contributed by atoms with Gasteiger partial charge in [-0.25, -0.2) is 0 Å². The number of anilines is 6. The van der Waals surface area contributed by atoms with Crippen LogP contribution in [0.3, 0.4) is 0 Å². The van der Waals surface area contributed by atoms with E-state index in [1.54, 1.807) is 6.07 Å². The van der Waals surface area contributed by atoms with E-state index in [2.05, 4.69) is 148 Å². The largest absolute Gasteiger partial charge is 0.508 e. The van der Waals surface area contributed by atoms with Crippen LogP contribution in [0.5, 0.6) is 17.2 Å². The Morgan fingerprint density at radius 3 is 0.907 bits per heavy atom. The molecule has 0 heterocycles. The van der Waals surface area contributed by atoms with E-state index in [1.807, 2.05) is 100 Å². The lowest BCUT2D eigenvalue weighted by Gasteiger charge is -2.26. The number of hydrogen-bond acceptors (Lipinski definition) is 7. The molecule has 7 heteroatoms. The second-order valence-corrected chi connectivity index (χ2v) is 20.0. The van der Waals surface area contributed by atoms with Crippen LogP contribution in [0.2, 0.25) is 0 Å². The van der Waals surface area contributed by atoms with Gasteiger partial charge in [-0.05, 0) is 220 Å². The topological polar surface area (TPSA) is 108 Å². The van der Waals surface area contributed by atoms with Gasteiger partial charge in [0.25, 0.3) is 0 Å². The summed E-state index contributed by atoms with van der Waals surface area (Å²) < 4.78 is 0. The molecule has 0 saturated carbocycles. The number of benzene rings is 9. The molecule has 384 valence electrons. The van der Waals surface area contributed by atoms with Crippen molar-refractivity contribution in [2.24, 2.45) is 0 Å². The Morgan fingerprint density at radius 1 is 0.280 bits per heavy atom. The number of phenols is 3. The normalized spacial score (nSPS) is 10.8. The lowest BCUT2D eigenvalue weighted by Crippen LogP contribution is -2.10. The first-order valence-corrected chi connectivity index (χ1v) is 25.6. The van der Waals surface area contributed by atoms with Gasteiger partial charge in [-0.15, -0.1) is 0 Å². The molecule has 75 heavy (non-hydrogen) atoms. The van der Waals surface area contributed by atoms with Gasteiger partial charge in [-0.3, -0.25) is 0 Å². The molecule has 0 bridgehead atoms. The Kier molecular flexibility index (Phi) is 18.0. The zero-order valence-electron chi connectivity index (χ0n) is 45.2. The van der Waals surface area contributed by atoms with Crippen LogP contribution in [-0.2, 0) is 26.1 Å². The van der Waals surface area contributed by atoms with E-state index in [9.17, 15) is 20.4 Å². The van der Waals surface area contributed by atoms with Crippen molar-refractivity contribution in [2.75, 3.05) is 9.80 Å². The maximum Gasteiger partial charge on any atom is 0.122 e. The second kappa shape index (κ2) is 24.8. The molecule has 0 radical (unpaired) electrons. The minimum Gasteiger partial charge on any atom is -0.508 e. The number of aliphatic hydroxyl groups excluding tert-OH is 2. The minimum absolute atomic E-state index is 0.0368. The van der Waals surface area contributed by atoms with Crippen molar-refractivity contribution < 1.29 is 25.5 Å². The molecule has 0 amide bonds. The van der Waals surface area contributed by atoms with Crippen LogP contribution in [-0.4, -0.2) is 25.5 Å². The molecule has 9 rings (SSSR count). The third-order valence-electron chi connectivity index (χ3n) is 13.8. The van der Waals surface area contributed by atoms with Crippen LogP contribution < -0.4 is 9.80 Å². The summed E-state index contributed by atoms with van der Waals surface area (Å²) in [7, 11) is 0. The first kappa shape index (κ1) is 54.7. The fourth-order valence-corrected chi connectivity index (χ4v) is 9.26. The average molecular weight is 997 g/mol. The summed E-state index contributed by atoms with van der Waals surface area (Å²) in [6.45, 7) is 20.5. The Bertz CT molecular complexity index is 3210. The van der Waals surface area contributed by atoms with Gasteiger partial charge in [0.2, 0.25) is 0 Å². The van der Waals surface area contributed by atoms with Crippen LogP contribution in [0.15, 0.2) is 176 Å². The average Bonchev–Trinajstić information content (AvgIpc) is 3.40. The molecule has 0 atom stereocenters. The van der Waals surface area contributed by atoms with E-state index in [0.717, 1.165) is 95.3 Å². The van der Waals surface area contributed by atoms with E-state index < -0.39 is 0 Å². The van der Waals surface area contributed by atoms with Crippen molar-refractivity contribution in [1.82, 2.24) is 0 Å². The Labute approximate surface area is 444 Å². The summed E-state index contributed by atoms with van der Waals surface area (Å²) in [5, 5.41) is 48.8. The number of aliphatic hydroxyl groups is 2. The molecule has 0 aliphatic carbocycles. The van der Waals surface area contributed by atoms with E-state index >= 15 is 0 Å². The van der Waals surface area contributed by atoms with E-state index in [-0.39, 0.29) is 13.2 Å². The maximum absolute atomic E-state index is 10.6. The number of phenolic OH excluding ortho intramolecular Hbond substituents is 3. The van der Waals surface area contributed by atoms with Gasteiger partial charge in [0.1, 0.15) is 17.2 Å². The van der Waals surface area contributed by atoms with Crippen molar-refractivity contribution in [3.63, 3.8) is 0 Å². The molecule has 0 saturated heterocycles. The lowest BCUT2D eigenvalue weighted by atomic mass is 9.98. The van der Waals surface area contributed by atoms with Crippen LogP contribution in [0.25, 0.3) is 0 Å². The quantitative estimate of drug-likeness (QED) is 0.0830. The molecule has 0 spiro atoms. The Morgan fingerprint density at radius 2 is 0.600 bits per heavy atom. The summed E-state index contributed by atoms with van der Waals surface area (Å²) in [4.78, 5) is 4.46.